The quantitative estimate of drug-likeness (QED) is 0.642. The standard InChI is InChI=1S/C13H12BrCl2N3/c14-10-2-1-9(5-11(10)15)13(19-17)6-8-3-4-18-7-12(8)16/h1-5,7,13,19H,6,17H2. The topological polar surface area (TPSA) is 50.9 Å². The second-order valence-electron chi connectivity index (χ2n) is 4.06. The molecule has 1 aromatic heterocycles. The number of benzene rings is 1. The van der Waals surface area contributed by atoms with E-state index in [-0.39, 0.29) is 6.04 Å². The summed E-state index contributed by atoms with van der Waals surface area (Å²) in [7, 11) is 0. The van der Waals surface area contributed by atoms with Gasteiger partial charge in [0.1, 0.15) is 0 Å². The molecule has 0 spiro atoms. The van der Waals surface area contributed by atoms with Crippen LogP contribution in [-0.2, 0) is 6.42 Å². The molecule has 0 amide bonds. The molecule has 0 fully saturated rings. The number of hydrogen-bond donors (Lipinski definition) is 2. The largest absolute Gasteiger partial charge is 0.271 e. The summed E-state index contributed by atoms with van der Waals surface area (Å²) in [4.78, 5) is 3.97. The Morgan fingerprint density at radius 1 is 1.26 bits per heavy atom. The van der Waals surface area contributed by atoms with Crippen molar-refractivity contribution in [3.05, 3.63) is 62.3 Å². The lowest BCUT2D eigenvalue weighted by Gasteiger charge is -2.17. The molecule has 6 heteroatoms. The molecule has 2 aromatic rings. The second kappa shape index (κ2) is 6.68. The van der Waals surface area contributed by atoms with Crippen LogP contribution in [0.1, 0.15) is 17.2 Å². The Morgan fingerprint density at radius 3 is 2.68 bits per heavy atom. The molecule has 0 aliphatic rings. The zero-order chi connectivity index (χ0) is 13.8. The Morgan fingerprint density at radius 2 is 2.05 bits per heavy atom. The number of halogens is 3. The molecular weight excluding hydrogens is 349 g/mol. The van der Waals surface area contributed by atoms with Gasteiger partial charge in [0.05, 0.1) is 16.1 Å². The van der Waals surface area contributed by atoms with Crippen molar-refractivity contribution in [2.45, 2.75) is 12.5 Å². The molecule has 3 nitrogen and oxygen atoms in total. The van der Waals surface area contributed by atoms with Gasteiger partial charge in [-0.1, -0.05) is 29.3 Å². The number of hydrazine groups is 1. The minimum atomic E-state index is -0.0644. The van der Waals surface area contributed by atoms with E-state index in [1.807, 2.05) is 24.3 Å². The Labute approximate surface area is 130 Å². The van der Waals surface area contributed by atoms with Crippen LogP contribution < -0.4 is 11.3 Å². The second-order valence-corrected chi connectivity index (χ2v) is 5.73. The zero-order valence-electron chi connectivity index (χ0n) is 9.91. The monoisotopic (exact) mass is 359 g/mol. The summed E-state index contributed by atoms with van der Waals surface area (Å²) in [5.74, 6) is 5.63. The lowest BCUT2D eigenvalue weighted by Crippen LogP contribution is -2.29. The van der Waals surface area contributed by atoms with Crippen molar-refractivity contribution in [2.75, 3.05) is 0 Å². The van der Waals surface area contributed by atoms with Crippen LogP contribution in [0, 0.1) is 0 Å². The van der Waals surface area contributed by atoms with Gasteiger partial charge in [-0.15, -0.1) is 0 Å². The molecule has 1 aromatic carbocycles. The van der Waals surface area contributed by atoms with Gasteiger partial charge >= 0.3 is 0 Å². The summed E-state index contributed by atoms with van der Waals surface area (Å²) in [6.07, 6.45) is 4.00. The fourth-order valence-corrected chi connectivity index (χ4v) is 2.42. The van der Waals surface area contributed by atoms with E-state index in [2.05, 4.69) is 26.3 Å². The number of hydrogen-bond acceptors (Lipinski definition) is 3. The molecule has 0 aliphatic heterocycles. The number of nitrogens with zero attached hydrogens (tertiary/aromatic N) is 1. The Hall–Kier alpha value is -0.650. The van der Waals surface area contributed by atoms with Gasteiger partial charge in [-0.25, -0.2) is 0 Å². The number of nitrogens with one attached hydrogen (secondary N) is 1. The molecule has 1 heterocycles. The van der Waals surface area contributed by atoms with Gasteiger partial charge < -0.3 is 0 Å². The minimum absolute atomic E-state index is 0.0644. The van der Waals surface area contributed by atoms with E-state index < -0.39 is 0 Å². The summed E-state index contributed by atoms with van der Waals surface area (Å²) in [6.45, 7) is 0. The van der Waals surface area contributed by atoms with E-state index in [1.54, 1.807) is 12.4 Å². The molecule has 1 atom stereocenters. The highest BCUT2D eigenvalue weighted by Crippen LogP contribution is 2.28. The number of rotatable bonds is 4. The predicted octanol–water partition coefficient (Wildman–Crippen LogP) is 3.90. The van der Waals surface area contributed by atoms with Crippen molar-refractivity contribution >= 4 is 39.1 Å². The van der Waals surface area contributed by atoms with Gasteiger partial charge in [0, 0.05) is 16.9 Å². The fourth-order valence-electron chi connectivity index (χ4n) is 1.79. The van der Waals surface area contributed by atoms with Gasteiger partial charge in [0.2, 0.25) is 0 Å². The van der Waals surface area contributed by atoms with Crippen LogP contribution in [0.25, 0.3) is 0 Å². The predicted molar refractivity (Wildman–Crippen MR) is 82.2 cm³/mol. The molecular formula is C13H12BrCl2N3. The SMILES string of the molecule is NNC(Cc1ccncc1Cl)c1ccc(Br)c(Cl)c1. The summed E-state index contributed by atoms with van der Waals surface area (Å²) in [6, 6.07) is 7.56. The molecule has 2 rings (SSSR count). The van der Waals surface area contributed by atoms with Crippen LogP contribution in [0.4, 0.5) is 0 Å². The van der Waals surface area contributed by atoms with Crippen molar-refractivity contribution in [2.24, 2.45) is 5.84 Å². The molecule has 100 valence electrons. The maximum Gasteiger partial charge on any atom is 0.0622 e. The van der Waals surface area contributed by atoms with Gasteiger partial charge in [-0.3, -0.25) is 16.3 Å². The third-order valence-corrected chi connectivity index (χ3v) is 4.40. The first-order chi connectivity index (χ1) is 9.11. The molecule has 0 bridgehead atoms. The average Bonchev–Trinajstić information content (AvgIpc) is 2.41. The normalized spacial score (nSPS) is 12.4. The first-order valence-corrected chi connectivity index (χ1v) is 7.16. The summed E-state index contributed by atoms with van der Waals surface area (Å²) >= 11 is 15.6. The van der Waals surface area contributed by atoms with Crippen molar-refractivity contribution in [3.8, 4) is 0 Å². The van der Waals surface area contributed by atoms with Crippen LogP contribution in [0.5, 0.6) is 0 Å². The third kappa shape index (κ3) is 3.68. The molecule has 0 radical (unpaired) electrons. The maximum absolute atomic E-state index is 6.10. The highest BCUT2D eigenvalue weighted by molar-refractivity contribution is 9.10. The molecule has 0 aliphatic carbocycles. The van der Waals surface area contributed by atoms with Gasteiger partial charge in [0.25, 0.3) is 0 Å². The highest BCUT2D eigenvalue weighted by Gasteiger charge is 2.13. The molecule has 0 saturated heterocycles. The lowest BCUT2D eigenvalue weighted by atomic mass is 10.00. The zero-order valence-corrected chi connectivity index (χ0v) is 13.0. The van der Waals surface area contributed by atoms with E-state index in [1.165, 1.54) is 0 Å². The van der Waals surface area contributed by atoms with Crippen molar-refractivity contribution < 1.29 is 0 Å². The van der Waals surface area contributed by atoms with Crippen LogP contribution in [0.15, 0.2) is 41.1 Å². The Balaban J connectivity index is 2.25. The van der Waals surface area contributed by atoms with Crippen LogP contribution in [0.2, 0.25) is 10.0 Å². The molecule has 3 N–H and O–H groups in total. The van der Waals surface area contributed by atoms with Crippen LogP contribution in [-0.4, -0.2) is 4.98 Å². The van der Waals surface area contributed by atoms with Crippen LogP contribution >= 0.6 is 39.1 Å². The summed E-state index contributed by atoms with van der Waals surface area (Å²) < 4.78 is 0.857. The van der Waals surface area contributed by atoms with E-state index in [9.17, 15) is 0 Å². The van der Waals surface area contributed by atoms with Gasteiger partial charge in [-0.2, -0.15) is 0 Å². The van der Waals surface area contributed by atoms with E-state index in [4.69, 9.17) is 29.0 Å². The summed E-state index contributed by atoms with van der Waals surface area (Å²) in [5.41, 5.74) is 4.78. The van der Waals surface area contributed by atoms with Gasteiger partial charge in [0.15, 0.2) is 0 Å². The maximum atomic E-state index is 6.10. The van der Waals surface area contributed by atoms with Crippen molar-refractivity contribution in [3.63, 3.8) is 0 Å². The average molecular weight is 361 g/mol. The van der Waals surface area contributed by atoms with Crippen LogP contribution in [0.3, 0.4) is 0 Å². The third-order valence-electron chi connectivity index (χ3n) is 2.83. The number of nitrogens with two attached hydrogens (primary N) is 1. The molecule has 19 heavy (non-hydrogen) atoms. The molecule has 0 saturated carbocycles. The number of pyridine rings is 1. The fraction of sp³-hybridized carbons (Fsp3) is 0.154. The summed E-state index contributed by atoms with van der Waals surface area (Å²) in [5, 5.41) is 1.28. The highest BCUT2D eigenvalue weighted by atomic mass is 79.9. The van der Waals surface area contributed by atoms with Gasteiger partial charge in [-0.05, 0) is 51.7 Å². The smallest absolute Gasteiger partial charge is 0.0622 e. The van der Waals surface area contributed by atoms with Crippen molar-refractivity contribution in [1.29, 1.82) is 0 Å². The number of aromatic nitrogens is 1. The van der Waals surface area contributed by atoms with E-state index in [0.717, 1.165) is 15.6 Å². The first kappa shape index (κ1) is 14.8. The minimum Gasteiger partial charge on any atom is -0.271 e. The lowest BCUT2D eigenvalue weighted by molar-refractivity contribution is 0.552. The Kier molecular flexibility index (Phi) is 5.19. The first-order valence-electron chi connectivity index (χ1n) is 5.61. The molecule has 1 unspecified atom stereocenters. The van der Waals surface area contributed by atoms with E-state index >= 15 is 0 Å². The van der Waals surface area contributed by atoms with E-state index in [0.29, 0.717) is 16.5 Å². The van der Waals surface area contributed by atoms with Crippen molar-refractivity contribution in [1.82, 2.24) is 10.4 Å². The Bertz CT molecular complexity index is 578.